The van der Waals surface area contributed by atoms with Crippen molar-refractivity contribution < 1.29 is 13.2 Å². The Balaban J connectivity index is 2.01. The second-order valence-corrected chi connectivity index (χ2v) is 8.75. The molecule has 2 heterocycles. The smallest absolute Gasteiger partial charge is 0.287 e. The van der Waals surface area contributed by atoms with Crippen molar-refractivity contribution >= 4 is 39.3 Å². The molecule has 0 spiro atoms. The molecule has 0 saturated carbocycles. The van der Waals surface area contributed by atoms with E-state index in [0.717, 1.165) is 8.99 Å². The number of piperidine rings is 1. The Bertz CT molecular complexity index is 811. The summed E-state index contributed by atoms with van der Waals surface area (Å²) < 4.78 is 27.7. The summed E-state index contributed by atoms with van der Waals surface area (Å²) in [5.74, 6) is -0.456. The van der Waals surface area contributed by atoms with Crippen molar-refractivity contribution in [3.63, 3.8) is 0 Å². The fraction of sp³-hybridized carbons (Fsp3) is 0.615. The van der Waals surface area contributed by atoms with Crippen molar-refractivity contribution in [2.75, 3.05) is 27.2 Å². The number of carbonyl (C=O) groups is 1. The fourth-order valence-electron chi connectivity index (χ4n) is 2.47. The standard InChI is InChI=1S/C13H19Cl2N5O4S/c1-18(2)25(23,24)19-5-3-4-9(7-19)17-11(21)8-20-13(22)12(15)10(14)6-16-20/h6,9H,3-5,7-8H2,1-2H3,(H,17,21). The Kier molecular flexibility index (Phi) is 6.44. The highest BCUT2D eigenvalue weighted by Gasteiger charge is 2.31. The minimum absolute atomic E-state index is 0.0140. The van der Waals surface area contributed by atoms with Crippen molar-refractivity contribution in [1.29, 1.82) is 0 Å². The van der Waals surface area contributed by atoms with E-state index in [1.54, 1.807) is 0 Å². The van der Waals surface area contributed by atoms with Gasteiger partial charge in [0.1, 0.15) is 11.6 Å². The molecule has 1 aromatic rings. The van der Waals surface area contributed by atoms with Gasteiger partial charge < -0.3 is 5.32 Å². The van der Waals surface area contributed by atoms with Crippen molar-refractivity contribution in [1.82, 2.24) is 23.7 Å². The van der Waals surface area contributed by atoms with Gasteiger partial charge in [0.15, 0.2) is 0 Å². The van der Waals surface area contributed by atoms with E-state index in [1.165, 1.54) is 24.6 Å². The largest absolute Gasteiger partial charge is 0.350 e. The quantitative estimate of drug-likeness (QED) is 0.730. The van der Waals surface area contributed by atoms with Crippen molar-refractivity contribution in [2.45, 2.75) is 25.4 Å². The van der Waals surface area contributed by atoms with Crippen LogP contribution in [-0.2, 0) is 21.5 Å². The molecule has 1 amide bonds. The number of nitrogens with zero attached hydrogens (tertiary/aromatic N) is 4. The fourth-order valence-corrected chi connectivity index (χ4v) is 3.93. The van der Waals surface area contributed by atoms with Gasteiger partial charge in [-0.3, -0.25) is 9.59 Å². The summed E-state index contributed by atoms with van der Waals surface area (Å²) in [4.78, 5) is 24.0. The average molecular weight is 412 g/mol. The highest BCUT2D eigenvalue weighted by atomic mass is 35.5. The lowest BCUT2D eigenvalue weighted by molar-refractivity contribution is -0.122. The van der Waals surface area contributed by atoms with Crippen LogP contribution in [0, 0.1) is 0 Å². The number of aromatic nitrogens is 2. The van der Waals surface area contributed by atoms with Gasteiger partial charge in [0.25, 0.3) is 15.8 Å². The van der Waals surface area contributed by atoms with Crippen LogP contribution in [0.3, 0.4) is 0 Å². The van der Waals surface area contributed by atoms with Crippen LogP contribution in [0.2, 0.25) is 10.0 Å². The molecule has 1 aromatic heterocycles. The minimum Gasteiger partial charge on any atom is -0.350 e. The molecule has 0 aromatic carbocycles. The Labute approximate surface area is 155 Å². The van der Waals surface area contributed by atoms with E-state index in [1.807, 2.05) is 0 Å². The minimum atomic E-state index is -3.53. The van der Waals surface area contributed by atoms with Gasteiger partial charge in [0, 0.05) is 33.2 Å². The number of hydrogen-bond donors (Lipinski definition) is 1. The summed E-state index contributed by atoms with van der Waals surface area (Å²) in [7, 11) is -0.613. The third-order valence-corrected chi connectivity index (χ3v) is 6.43. The van der Waals surface area contributed by atoms with E-state index in [4.69, 9.17) is 23.2 Å². The van der Waals surface area contributed by atoms with Gasteiger partial charge >= 0.3 is 0 Å². The Morgan fingerprint density at radius 2 is 2.12 bits per heavy atom. The van der Waals surface area contributed by atoms with Crippen molar-refractivity contribution in [2.24, 2.45) is 0 Å². The maximum absolute atomic E-state index is 12.2. The normalized spacial score (nSPS) is 19.2. The first-order valence-corrected chi connectivity index (χ1v) is 9.66. The predicted octanol–water partition coefficient (Wildman–Crippen LogP) is -0.0629. The number of rotatable bonds is 5. The summed E-state index contributed by atoms with van der Waals surface area (Å²) in [6.07, 6.45) is 2.46. The first-order chi connectivity index (χ1) is 11.6. The third kappa shape index (κ3) is 4.70. The van der Waals surface area contributed by atoms with Gasteiger partial charge in [-0.05, 0) is 12.8 Å². The number of hydrogen-bond acceptors (Lipinski definition) is 5. The second kappa shape index (κ2) is 8.00. The predicted molar refractivity (Wildman–Crippen MR) is 93.9 cm³/mol. The van der Waals surface area contributed by atoms with Gasteiger partial charge in [-0.15, -0.1) is 0 Å². The molecule has 1 atom stereocenters. The summed E-state index contributed by atoms with van der Waals surface area (Å²) in [5.41, 5.74) is -0.662. The van der Waals surface area contributed by atoms with Crippen molar-refractivity contribution in [3.8, 4) is 0 Å². The first-order valence-electron chi connectivity index (χ1n) is 7.51. The van der Waals surface area contributed by atoms with E-state index >= 15 is 0 Å². The Morgan fingerprint density at radius 3 is 2.76 bits per heavy atom. The molecule has 1 N–H and O–H groups in total. The molecule has 140 valence electrons. The highest BCUT2D eigenvalue weighted by molar-refractivity contribution is 7.86. The summed E-state index contributed by atoms with van der Waals surface area (Å²) in [6, 6.07) is -0.338. The van der Waals surface area contributed by atoms with E-state index in [2.05, 4.69) is 10.4 Å². The lowest BCUT2D eigenvalue weighted by Crippen LogP contribution is -2.52. The van der Waals surface area contributed by atoms with Crippen molar-refractivity contribution in [3.05, 3.63) is 26.6 Å². The molecular weight excluding hydrogens is 393 g/mol. The van der Waals surface area contributed by atoms with Crippen LogP contribution in [0.1, 0.15) is 12.8 Å². The van der Waals surface area contributed by atoms with Gasteiger partial charge in [-0.2, -0.15) is 22.1 Å². The monoisotopic (exact) mass is 411 g/mol. The van der Waals surface area contributed by atoms with Gasteiger partial charge in [0.05, 0.1) is 11.2 Å². The second-order valence-electron chi connectivity index (χ2n) is 5.82. The zero-order valence-electron chi connectivity index (χ0n) is 13.8. The molecule has 1 fully saturated rings. The Morgan fingerprint density at radius 1 is 1.44 bits per heavy atom. The number of halogens is 2. The molecule has 1 aliphatic rings. The van der Waals surface area contributed by atoms with Crippen LogP contribution in [-0.4, -0.2) is 65.9 Å². The molecule has 1 saturated heterocycles. The van der Waals surface area contributed by atoms with Crippen LogP contribution in [0.4, 0.5) is 0 Å². The maximum atomic E-state index is 12.2. The number of amides is 1. The molecule has 1 unspecified atom stereocenters. The van der Waals surface area contributed by atoms with E-state index < -0.39 is 21.7 Å². The first kappa shape index (κ1) is 20.1. The number of nitrogens with one attached hydrogen (secondary N) is 1. The molecule has 0 bridgehead atoms. The molecule has 2 rings (SSSR count). The zero-order valence-corrected chi connectivity index (χ0v) is 16.1. The Hall–Kier alpha value is -1.20. The summed E-state index contributed by atoms with van der Waals surface area (Å²) in [5, 5.41) is 6.30. The van der Waals surface area contributed by atoms with Gasteiger partial charge in [0.2, 0.25) is 5.91 Å². The molecule has 0 aliphatic carbocycles. The third-order valence-electron chi connectivity index (χ3n) is 3.77. The average Bonchev–Trinajstić information content (AvgIpc) is 2.55. The SMILES string of the molecule is CN(C)S(=O)(=O)N1CCCC(NC(=O)Cn2ncc(Cl)c(Cl)c2=O)C1. The molecule has 25 heavy (non-hydrogen) atoms. The van der Waals surface area contributed by atoms with E-state index in [9.17, 15) is 18.0 Å². The van der Waals surface area contributed by atoms with E-state index in [0.29, 0.717) is 19.4 Å². The highest BCUT2D eigenvalue weighted by Crippen LogP contribution is 2.16. The lowest BCUT2D eigenvalue weighted by Gasteiger charge is -2.33. The van der Waals surface area contributed by atoms with Gasteiger partial charge in [-0.1, -0.05) is 23.2 Å². The topological polar surface area (TPSA) is 105 Å². The van der Waals surface area contributed by atoms with Crippen LogP contribution in [0.25, 0.3) is 0 Å². The van der Waals surface area contributed by atoms with E-state index in [-0.39, 0.29) is 29.2 Å². The van der Waals surface area contributed by atoms with Crippen LogP contribution in [0.15, 0.2) is 11.0 Å². The zero-order chi connectivity index (χ0) is 18.8. The molecular formula is C13H19Cl2N5O4S. The maximum Gasteiger partial charge on any atom is 0.287 e. The number of carbonyl (C=O) groups excluding carboxylic acids is 1. The molecule has 12 heteroatoms. The molecule has 1 aliphatic heterocycles. The molecule has 0 radical (unpaired) electrons. The van der Waals surface area contributed by atoms with Crippen LogP contribution < -0.4 is 10.9 Å². The van der Waals surface area contributed by atoms with Crippen LogP contribution in [0.5, 0.6) is 0 Å². The summed E-state index contributed by atoms with van der Waals surface area (Å²) >= 11 is 11.4. The van der Waals surface area contributed by atoms with Crippen LogP contribution >= 0.6 is 23.2 Å². The molecule has 9 nitrogen and oxygen atoms in total. The summed E-state index contributed by atoms with van der Waals surface area (Å²) in [6.45, 7) is 0.253. The lowest BCUT2D eigenvalue weighted by atomic mass is 10.1. The van der Waals surface area contributed by atoms with Gasteiger partial charge in [-0.25, -0.2) is 4.68 Å².